The molecule has 3 rings (SSSR count). The minimum absolute atomic E-state index is 0.0170. The van der Waals surface area contributed by atoms with Gasteiger partial charge in [0.25, 0.3) is 0 Å². The first-order chi connectivity index (χ1) is 15.3. The van der Waals surface area contributed by atoms with E-state index in [1.165, 1.54) is 0 Å². The van der Waals surface area contributed by atoms with Crippen LogP contribution >= 0.6 is 0 Å². The lowest BCUT2D eigenvalue weighted by atomic mass is 9.84. The summed E-state index contributed by atoms with van der Waals surface area (Å²) in [6.07, 6.45) is 6.21. The van der Waals surface area contributed by atoms with Gasteiger partial charge in [0.05, 0.1) is 6.10 Å². The van der Waals surface area contributed by atoms with Crippen molar-refractivity contribution < 1.29 is 19.0 Å². The molecule has 0 bridgehead atoms. The van der Waals surface area contributed by atoms with Gasteiger partial charge in [-0.25, -0.2) is 9.97 Å². The zero-order valence-electron chi connectivity index (χ0n) is 19.8. The largest absolute Gasteiger partial charge is 0.490 e. The molecule has 32 heavy (non-hydrogen) atoms. The average molecular weight is 437 g/mol. The fraction of sp³-hybridized carbons (Fsp3) is 0.423. The maximum atomic E-state index is 12.1. The van der Waals surface area contributed by atoms with Gasteiger partial charge in [-0.15, -0.1) is 0 Å². The predicted molar refractivity (Wildman–Crippen MR) is 123 cm³/mol. The Balaban J connectivity index is 2.10. The first kappa shape index (κ1) is 23.5. The molecular formula is C26H32N2O4. The normalized spacial score (nSPS) is 18.7. The number of pyridine rings is 2. The lowest BCUT2D eigenvalue weighted by Gasteiger charge is -2.39. The third-order valence-electron chi connectivity index (χ3n) is 5.76. The summed E-state index contributed by atoms with van der Waals surface area (Å²) in [5, 5.41) is 0. The Morgan fingerprint density at radius 2 is 1.62 bits per heavy atom. The molecule has 0 radical (unpaired) electrons. The van der Waals surface area contributed by atoms with E-state index < -0.39 is 5.60 Å². The number of aldehydes is 1. The van der Waals surface area contributed by atoms with Crippen molar-refractivity contribution in [3.8, 4) is 11.8 Å². The van der Waals surface area contributed by atoms with Crippen LogP contribution in [-0.4, -0.2) is 28.0 Å². The molecule has 0 aromatic carbocycles. The zero-order valence-corrected chi connectivity index (χ0v) is 19.8. The number of allylic oxidation sites excluding steroid dienone is 1. The van der Waals surface area contributed by atoms with Crippen molar-refractivity contribution in [1.82, 2.24) is 9.97 Å². The molecule has 2 aromatic rings. The van der Waals surface area contributed by atoms with Gasteiger partial charge < -0.3 is 14.2 Å². The average Bonchev–Trinajstić information content (AvgIpc) is 2.78. The van der Waals surface area contributed by atoms with Crippen LogP contribution < -0.4 is 9.47 Å². The highest BCUT2D eigenvalue weighted by Gasteiger charge is 2.43. The van der Waals surface area contributed by atoms with Crippen LogP contribution in [0.4, 0.5) is 0 Å². The first-order valence-electron chi connectivity index (χ1n) is 11.1. The number of rotatable bonds is 9. The second-order valence-corrected chi connectivity index (χ2v) is 8.35. The highest BCUT2D eigenvalue weighted by atomic mass is 16.6. The number of aromatic nitrogens is 2. The topological polar surface area (TPSA) is 70.5 Å². The lowest BCUT2D eigenvalue weighted by Crippen LogP contribution is -2.42. The molecule has 1 atom stereocenters. The molecule has 0 aliphatic heterocycles. The Morgan fingerprint density at radius 3 is 2.16 bits per heavy atom. The van der Waals surface area contributed by atoms with Gasteiger partial charge in [-0.05, 0) is 52.7 Å². The third kappa shape index (κ3) is 4.85. The predicted octanol–water partition coefficient (Wildman–Crippen LogP) is 5.65. The minimum Gasteiger partial charge on any atom is -0.490 e. The molecule has 6 heteroatoms. The van der Waals surface area contributed by atoms with Gasteiger partial charge in [-0.2, -0.15) is 0 Å². The third-order valence-corrected chi connectivity index (χ3v) is 5.76. The van der Waals surface area contributed by atoms with Crippen molar-refractivity contribution in [3.05, 3.63) is 70.5 Å². The Bertz CT molecular complexity index is 1040. The lowest BCUT2D eigenvalue weighted by molar-refractivity contribution is -0.105. The SMILES string of the molecule is CCC(CC)OC1=C(C)C(Oc2ncccc2C)=C(C=O)CC1(C)Oc1ncccc1C. The van der Waals surface area contributed by atoms with Gasteiger partial charge in [-0.3, -0.25) is 4.79 Å². The van der Waals surface area contributed by atoms with Crippen molar-refractivity contribution >= 4 is 6.29 Å². The number of nitrogens with zero attached hydrogens (tertiary/aromatic N) is 2. The summed E-state index contributed by atoms with van der Waals surface area (Å²) >= 11 is 0. The van der Waals surface area contributed by atoms with Crippen LogP contribution in [0.25, 0.3) is 0 Å². The summed E-state index contributed by atoms with van der Waals surface area (Å²) in [6, 6.07) is 7.58. The molecule has 2 aromatic heterocycles. The van der Waals surface area contributed by atoms with Crippen molar-refractivity contribution in [2.75, 3.05) is 0 Å². The fourth-order valence-electron chi connectivity index (χ4n) is 3.89. The molecule has 0 saturated heterocycles. The first-order valence-corrected chi connectivity index (χ1v) is 11.1. The number of hydrogen-bond donors (Lipinski definition) is 0. The van der Waals surface area contributed by atoms with Crippen LogP contribution in [0, 0.1) is 13.8 Å². The van der Waals surface area contributed by atoms with Crippen LogP contribution in [-0.2, 0) is 9.53 Å². The molecule has 0 amide bonds. The Labute approximate surface area is 190 Å². The molecule has 0 N–H and O–H groups in total. The van der Waals surface area contributed by atoms with Crippen LogP contribution in [0.5, 0.6) is 11.8 Å². The molecular weight excluding hydrogens is 404 g/mol. The summed E-state index contributed by atoms with van der Waals surface area (Å²) in [4.78, 5) is 20.9. The van der Waals surface area contributed by atoms with Crippen molar-refractivity contribution in [3.63, 3.8) is 0 Å². The molecule has 1 aliphatic carbocycles. The smallest absolute Gasteiger partial charge is 0.222 e. The monoisotopic (exact) mass is 436 g/mol. The highest BCUT2D eigenvalue weighted by molar-refractivity contribution is 5.77. The zero-order chi connectivity index (χ0) is 23.3. The van der Waals surface area contributed by atoms with Crippen LogP contribution in [0.2, 0.25) is 0 Å². The Morgan fingerprint density at radius 1 is 1.03 bits per heavy atom. The molecule has 1 aliphatic rings. The second-order valence-electron chi connectivity index (χ2n) is 8.35. The van der Waals surface area contributed by atoms with E-state index >= 15 is 0 Å². The number of carbonyl (C=O) groups is 1. The van der Waals surface area contributed by atoms with E-state index in [-0.39, 0.29) is 6.10 Å². The van der Waals surface area contributed by atoms with Crippen LogP contribution in [0.3, 0.4) is 0 Å². The van der Waals surface area contributed by atoms with E-state index in [2.05, 4.69) is 23.8 Å². The van der Waals surface area contributed by atoms with Gasteiger partial charge in [0.2, 0.25) is 11.8 Å². The fourth-order valence-corrected chi connectivity index (χ4v) is 3.89. The molecule has 0 fully saturated rings. The molecule has 0 spiro atoms. The molecule has 170 valence electrons. The molecule has 6 nitrogen and oxygen atoms in total. The van der Waals surface area contributed by atoms with E-state index in [9.17, 15) is 4.79 Å². The van der Waals surface area contributed by atoms with Crippen molar-refractivity contribution in [2.24, 2.45) is 0 Å². The van der Waals surface area contributed by atoms with Crippen LogP contribution in [0.1, 0.15) is 58.1 Å². The summed E-state index contributed by atoms with van der Waals surface area (Å²) in [7, 11) is 0. The summed E-state index contributed by atoms with van der Waals surface area (Å²) in [5.41, 5.74) is 2.12. The van der Waals surface area contributed by atoms with E-state index in [1.54, 1.807) is 12.4 Å². The van der Waals surface area contributed by atoms with E-state index in [4.69, 9.17) is 14.2 Å². The maximum Gasteiger partial charge on any atom is 0.222 e. The minimum atomic E-state index is -0.909. The molecule has 2 heterocycles. The van der Waals surface area contributed by atoms with Gasteiger partial charge in [0.1, 0.15) is 17.8 Å². The number of hydrogen-bond acceptors (Lipinski definition) is 6. The van der Waals surface area contributed by atoms with Crippen molar-refractivity contribution in [1.29, 1.82) is 0 Å². The number of aryl methyl sites for hydroxylation is 2. The van der Waals surface area contributed by atoms with Gasteiger partial charge in [0, 0.05) is 41.1 Å². The standard InChI is InChI=1S/C26H32N2O4/c1-7-21(8-2)30-23-19(5)22(31-24-17(3)11-9-13-27-24)20(16-29)15-26(23,6)32-25-18(4)12-10-14-28-25/h9-14,16,21H,7-8,15H2,1-6H3. The van der Waals surface area contributed by atoms with Gasteiger partial charge >= 0.3 is 0 Å². The van der Waals surface area contributed by atoms with Crippen molar-refractivity contribution in [2.45, 2.75) is 72.5 Å². The highest BCUT2D eigenvalue weighted by Crippen LogP contribution is 2.42. The Kier molecular flexibility index (Phi) is 7.33. The molecule has 1 unspecified atom stereocenters. The summed E-state index contributed by atoms with van der Waals surface area (Å²) in [5.74, 6) is 2.11. The summed E-state index contributed by atoms with van der Waals surface area (Å²) < 4.78 is 19.1. The van der Waals surface area contributed by atoms with Gasteiger partial charge in [-0.1, -0.05) is 26.0 Å². The number of carbonyl (C=O) groups excluding carboxylic acids is 1. The number of ether oxygens (including phenoxy) is 3. The Hall–Kier alpha value is -3.15. The maximum absolute atomic E-state index is 12.1. The van der Waals surface area contributed by atoms with Crippen LogP contribution in [0.15, 0.2) is 59.3 Å². The van der Waals surface area contributed by atoms with Gasteiger partial charge in [0.15, 0.2) is 5.60 Å². The quantitative estimate of drug-likeness (QED) is 0.473. The van der Waals surface area contributed by atoms with E-state index in [0.29, 0.717) is 35.3 Å². The molecule has 0 saturated carbocycles. The van der Waals surface area contributed by atoms with E-state index in [0.717, 1.165) is 35.8 Å². The second kappa shape index (κ2) is 9.98. The summed E-state index contributed by atoms with van der Waals surface area (Å²) in [6.45, 7) is 11.9. The van der Waals surface area contributed by atoms with E-state index in [1.807, 2.05) is 52.0 Å².